The monoisotopic (exact) mass is 396 g/mol. The highest BCUT2D eigenvalue weighted by atomic mass is 16.5. The Labute approximate surface area is 169 Å². The van der Waals surface area contributed by atoms with Crippen molar-refractivity contribution >= 4 is 17.7 Å². The van der Waals surface area contributed by atoms with Crippen molar-refractivity contribution in [3.05, 3.63) is 58.7 Å². The van der Waals surface area contributed by atoms with Crippen LogP contribution >= 0.6 is 0 Å². The van der Waals surface area contributed by atoms with Gasteiger partial charge in [-0.2, -0.15) is 0 Å². The van der Waals surface area contributed by atoms with Crippen LogP contribution in [0.3, 0.4) is 0 Å². The Kier molecular flexibility index (Phi) is 6.16. The summed E-state index contributed by atoms with van der Waals surface area (Å²) < 4.78 is 10.5. The van der Waals surface area contributed by atoms with Gasteiger partial charge in [0, 0.05) is 24.2 Å². The van der Waals surface area contributed by atoms with E-state index in [1.54, 1.807) is 44.6 Å². The van der Waals surface area contributed by atoms with Crippen LogP contribution in [0, 0.1) is 0 Å². The van der Waals surface area contributed by atoms with Crippen LogP contribution in [0.2, 0.25) is 0 Å². The average Bonchev–Trinajstić information content (AvgIpc) is 2.99. The van der Waals surface area contributed by atoms with Crippen molar-refractivity contribution in [3.63, 3.8) is 0 Å². The van der Waals surface area contributed by atoms with Gasteiger partial charge in [0.05, 0.1) is 25.3 Å². The van der Waals surface area contributed by atoms with Crippen LogP contribution in [-0.4, -0.2) is 43.4 Å². The molecule has 0 bridgehead atoms. The highest BCUT2D eigenvalue weighted by Gasteiger charge is 2.35. The zero-order chi connectivity index (χ0) is 21.0. The van der Waals surface area contributed by atoms with Crippen LogP contribution < -0.4 is 14.8 Å². The largest absolute Gasteiger partial charge is 0.497 e. The predicted molar refractivity (Wildman–Crippen MR) is 107 cm³/mol. The van der Waals surface area contributed by atoms with Gasteiger partial charge < -0.3 is 14.8 Å². The van der Waals surface area contributed by atoms with Crippen LogP contribution in [0.25, 0.3) is 0 Å². The van der Waals surface area contributed by atoms with Gasteiger partial charge in [-0.25, -0.2) is 0 Å². The maximum Gasteiger partial charge on any atom is 0.261 e. The van der Waals surface area contributed by atoms with Gasteiger partial charge in [0.1, 0.15) is 11.5 Å². The fourth-order valence-corrected chi connectivity index (χ4v) is 3.25. The lowest BCUT2D eigenvalue weighted by atomic mass is 10.1. The second kappa shape index (κ2) is 8.77. The van der Waals surface area contributed by atoms with Crippen molar-refractivity contribution in [1.82, 2.24) is 10.2 Å². The highest BCUT2D eigenvalue weighted by molar-refractivity contribution is 6.22. The third kappa shape index (κ3) is 4.08. The average molecular weight is 396 g/mol. The Balaban J connectivity index is 1.75. The summed E-state index contributed by atoms with van der Waals surface area (Å²) in [5.74, 6) is 0.301. The van der Waals surface area contributed by atoms with E-state index >= 15 is 0 Å². The number of imide groups is 1. The molecule has 0 saturated carbocycles. The van der Waals surface area contributed by atoms with E-state index in [-0.39, 0.29) is 29.8 Å². The summed E-state index contributed by atoms with van der Waals surface area (Å²) in [4.78, 5) is 38.8. The van der Waals surface area contributed by atoms with E-state index in [2.05, 4.69) is 5.32 Å². The van der Waals surface area contributed by atoms with Crippen molar-refractivity contribution in [3.8, 4) is 11.5 Å². The molecule has 0 atom stereocenters. The van der Waals surface area contributed by atoms with Crippen LogP contribution in [0.4, 0.5) is 0 Å². The van der Waals surface area contributed by atoms with Crippen LogP contribution in [-0.2, 0) is 6.54 Å². The van der Waals surface area contributed by atoms with Crippen LogP contribution in [0.5, 0.6) is 11.5 Å². The van der Waals surface area contributed by atoms with Gasteiger partial charge in [0.2, 0.25) is 0 Å². The summed E-state index contributed by atoms with van der Waals surface area (Å²) in [5.41, 5.74) is 1.71. The third-order valence-electron chi connectivity index (χ3n) is 4.90. The molecular formula is C22H24N2O5. The third-order valence-corrected chi connectivity index (χ3v) is 4.90. The first-order valence-corrected chi connectivity index (χ1v) is 9.49. The zero-order valence-electron chi connectivity index (χ0n) is 16.8. The molecule has 1 N–H and O–H groups in total. The molecule has 1 aliphatic heterocycles. The number of hydrogen-bond donors (Lipinski definition) is 1. The molecule has 0 radical (unpaired) electrons. The summed E-state index contributed by atoms with van der Waals surface area (Å²) in [6, 6.07) is 9.92. The van der Waals surface area contributed by atoms with E-state index in [0.29, 0.717) is 29.2 Å². The zero-order valence-corrected chi connectivity index (χ0v) is 16.8. The van der Waals surface area contributed by atoms with Crippen molar-refractivity contribution in [1.29, 1.82) is 0 Å². The van der Waals surface area contributed by atoms with Gasteiger partial charge in [0.15, 0.2) is 0 Å². The maximum atomic E-state index is 12.6. The minimum atomic E-state index is -0.345. The molecule has 0 aliphatic carbocycles. The lowest BCUT2D eigenvalue weighted by Gasteiger charge is -2.12. The summed E-state index contributed by atoms with van der Waals surface area (Å²) in [6.07, 6.45) is 1.63. The minimum absolute atomic E-state index is 0.228. The number of ether oxygens (including phenoxy) is 2. The minimum Gasteiger partial charge on any atom is -0.497 e. The molecule has 0 aromatic heterocycles. The Morgan fingerprint density at radius 1 is 1.00 bits per heavy atom. The van der Waals surface area contributed by atoms with Crippen molar-refractivity contribution < 1.29 is 23.9 Å². The summed E-state index contributed by atoms with van der Waals surface area (Å²) >= 11 is 0. The maximum absolute atomic E-state index is 12.6. The molecule has 152 valence electrons. The molecule has 3 rings (SSSR count). The number of nitrogens with zero attached hydrogens (tertiary/aromatic N) is 1. The number of methoxy groups -OCH3 is 2. The number of amides is 3. The summed E-state index contributed by atoms with van der Waals surface area (Å²) in [6.45, 7) is 2.61. The molecule has 0 saturated heterocycles. The van der Waals surface area contributed by atoms with Crippen LogP contribution in [0.1, 0.15) is 56.4 Å². The molecule has 1 heterocycles. The number of rotatable bonds is 8. The van der Waals surface area contributed by atoms with E-state index in [0.717, 1.165) is 18.4 Å². The van der Waals surface area contributed by atoms with Crippen molar-refractivity contribution in [2.45, 2.75) is 26.3 Å². The first-order chi connectivity index (χ1) is 14.0. The van der Waals surface area contributed by atoms with Crippen LogP contribution in [0.15, 0.2) is 36.4 Å². The molecule has 3 amide bonds. The number of carbonyl (C=O) groups excluding carboxylic acids is 3. The molecule has 29 heavy (non-hydrogen) atoms. The van der Waals surface area contributed by atoms with E-state index in [1.165, 1.54) is 11.0 Å². The SMILES string of the molecule is CCCCN1C(=O)c2ccc(C(=O)NCc3cc(OC)ccc3OC)cc2C1=O. The smallest absolute Gasteiger partial charge is 0.261 e. The van der Waals surface area contributed by atoms with E-state index in [1.807, 2.05) is 6.92 Å². The normalized spacial score (nSPS) is 12.7. The topological polar surface area (TPSA) is 84.9 Å². The second-order valence-corrected chi connectivity index (χ2v) is 6.74. The molecule has 0 fully saturated rings. The number of fused-ring (bicyclic) bond motifs is 1. The molecule has 0 spiro atoms. The van der Waals surface area contributed by atoms with E-state index in [4.69, 9.17) is 9.47 Å². The van der Waals surface area contributed by atoms with Crippen molar-refractivity contribution in [2.75, 3.05) is 20.8 Å². The predicted octanol–water partition coefficient (Wildman–Crippen LogP) is 3.03. The lowest BCUT2D eigenvalue weighted by Crippen LogP contribution is -2.30. The number of benzene rings is 2. The molecule has 1 aliphatic rings. The Morgan fingerprint density at radius 2 is 1.76 bits per heavy atom. The Morgan fingerprint density at radius 3 is 2.45 bits per heavy atom. The van der Waals surface area contributed by atoms with E-state index in [9.17, 15) is 14.4 Å². The molecule has 2 aromatic rings. The highest BCUT2D eigenvalue weighted by Crippen LogP contribution is 2.26. The van der Waals surface area contributed by atoms with Gasteiger partial charge in [0.25, 0.3) is 17.7 Å². The number of unbranched alkanes of at least 4 members (excludes halogenated alkanes) is 1. The Hall–Kier alpha value is -3.35. The van der Waals surface area contributed by atoms with Gasteiger partial charge in [-0.15, -0.1) is 0 Å². The van der Waals surface area contributed by atoms with Gasteiger partial charge in [-0.05, 0) is 42.8 Å². The molecule has 2 aromatic carbocycles. The fourth-order valence-electron chi connectivity index (χ4n) is 3.25. The first kappa shape index (κ1) is 20.4. The standard InChI is InChI=1S/C22H24N2O5/c1-4-5-10-24-21(26)17-8-6-14(12-18(17)22(24)27)20(25)23-13-15-11-16(28-2)7-9-19(15)29-3/h6-9,11-12H,4-5,10,13H2,1-3H3,(H,23,25). The Bertz CT molecular complexity index is 954. The van der Waals surface area contributed by atoms with Gasteiger partial charge in [-0.3, -0.25) is 19.3 Å². The fraction of sp³-hybridized carbons (Fsp3) is 0.318. The lowest BCUT2D eigenvalue weighted by molar-refractivity contribution is 0.0652. The molecular weight excluding hydrogens is 372 g/mol. The number of carbonyl (C=O) groups is 3. The first-order valence-electron chi connectivity index (χ1n) is 9.49. The number of nitrogens with one attached hydrogen (secondary N) is 1. The summed E-state index contributed by atoms with van der Waals surface area (Å²) in [5, 5.41) is 2.82. The van der Waals surface area contributed by atoms with Crippen molar-refractivity contribution in [2.24, 2.45) is 0 Å². The quantitative estimate of drug-likeness (QED) is 0.694. The molecule has 7 heteroatoms. The molecule has 7 nitrogen and oxygen atoms in total. The second-order valence-electron chi connectivity index (χ2n) is 6.74. The van der Waals surface area contributed by atoms with E-state index < -0.39 is 0 Å². The van der Waals surface area contributed by atoms with Gasteiger partial charge >= 0.3 is 0 Å². The summed E-state index contributed by atoms with van der Waals surface area (Å²) in [7, 11) is 3.12. The number of hydrogen-bond acceptors (Lipinski definition) is 5. The van der Waals surface area contributed by atoms with Gasteiger partial charge in [-0.1, -0.05) is 13.3 Å². The molecule has 0 unspecified atom stereocenters.